The third kappa shape index (κ3) is 3.79. The monoisotopic (exact) mass is 448 g/mol. The van der Waals surface area contributed by atoms with Crippen molar-refractivity contribution < 1.29 is 13.2 Å². The van der Waals surface area contributed by atoms with E-state index in [1.165, 1.54) is 52.1 Å². The van der Waals surface area contributed by atoms with Crippen LogP contribution < -0.4 is 16.6 Å². The molecule has 1 N–H and O–H groups in total. The molecule has 0 aromatic carbocycles. The zero-order valence-electron chi connectivity index (χ0n) is 17.9. The fraction of sp³-hybridized carbons (Fsp3) is 0.368. The standard InChI is InChI=1S/C19H24N6O5S/c1-6-25(7-2)31(29,30)13-9-15(22(3)11-13)17(26)21-12-8-14-16(20-10-12)23(4)19(28)24(5)18(14)27/h8-11H,6-7H2,1-5H3,(H,21,26). The molecule has 31 heavy (non-hydrogen) atoms. The van der Waals surface area contributed by atoms with Crippen LogP contribution in [0.4, 0.5) is 5.69 Å². The molecule has 0 radical (unpaired) electrons. The minimum Gasteiger partial charge on any atom is -0.345 e. The highest BCUT2D eigenvalue weighted by atomic mass is 32.2. The summed E-state index contributed by atoms with van der Waals surface area (Å²) < 4.78 is 30.4. The lowest BCUT2D eigenvalue weighted by Gasteiger charge is -2.17. The van der Waals surface area contributed by atoms with E-state index < -0.39 is 27.2 Å². The summed E-state index contributed by atoms with van der Waals surface area (Å²) >= 11 is 0. The van der Waals surface area contributed by atoms with Gasteiger partial charge in [0, 0.05) is 40.4 Å². The molecule has 1 amide bonds. The van der Waals surface area contributed by atoms with E-state index >= 15 is 0 Å². The predicted octanol–water partition coefficient (Wildman–Crippen LogP) is 0.254. The lowest BCUT2D eigenvalue weighted by Crippen LogP contribution is -2.37. The Morgan fingerprint density at radius 3 is 2.35 bits per heavy atom. The number of nitrogens with one attached hydrogen (secondary N) is 1. The fourth-order valence-corrected chi connectivity index (χ4v) is 4.87. The Labute approximate surface area is 178 Å². The van der Waals surface area contributed by atoms with Gasteiger partial charge in [0.25, 0.3) is 11.5 Å². The molecule has 0 aliphatic carbocycles. The maximum Gasteiger partial charge on any atom is 0.332 e. The first-order valence-corrected chi connectivity index (χ1v) is 11.0. The second kappa shape index (κ2) is 8.12. The van der Waals surface area contributed by atoms with E-state index in [2.05, 4.69) is 10.3 Å². The van der Waals surface area contributed by atoms with Gasteiger partial charge in [-0.25, -0.2) is 18.2 Å². The quantitative estimate of drug-likeness (QED) is 0.576. The Morgan fingerprint density at radius 2 is 1.74 bits per heavy atom. The van der Waals surface area contributed by atoms with Crippen LogP contribution in [-0.2, 0) is 31.2 Å². The van der Waals surface area contributed by atoms with Crippen molar-refractivity contribution in [2.24, 2.45) is 21.1 Å². The van der Waals surface area contributed by atoms with Crippen LogP contribution in [0.15, 0.2) is 39.0 Å². The van der Waals surface area contributed by atoms with Crippen molar-refractivity contribution in [1.29, 1.82) is 0 Å². The molecular weight excluding hydrogens is 424 g/mol. The largest absolute Gasteiger partial charge is 0.345 e. The molecule has 0 aliphatic heterocycles. The van der Waals surface area contributed by atoms with Crippen molar-refractivity contribution in [3.63, 3.8) is 0 Å². The molecule has 0 unspecified atom stereocenters. The second-order valence-electron chi connectivity index (χ2n) is 7.02. The molecule has 0 aliphatic rings. The van der Waals surface area contributed by atoms with Crippen molar-refractivity contribution in [3.05, 3.63) is 51.1 Å². The molecule has 0 saturated carbocycles. The van der Waals surface area contributed by atoms with Crippen LogP contribution in [0.2, 0.25) is 0 Å². The first kappa shape index (κ1) is 22.4. The van der Waals surface area contributed by atoms with Crippen LogP contribution in [0, 0.1) is 0 Å². The number of nitrogens with zero attached hydrogens (tertiary/aromatic N) is 5. The molecule has 0 saturated heterocycles. The minimum atomic E-state index is -3.71. The van der Waals surface area contributed by atoms with Crippen LogP contribution in [0.5, 0.6) is 0 Å². The molecule has 0 fully saturated rings. The Morgan fingerprint density at radius 1 is 1.10 bits per heavy atom. The summed E-state index contributed by atoms with van der Waals surface area (Å²) in [6, 6.07) is 2.73. The molecule has 0 atom stereocenters. The van der Waals surface area contributed by atoms with E-state index in [1.54, 1.807) is 20.9 Å². The number of rotatable bonds is 6. The molecular formula is C19H24N6O5S. The molecule has 3 aromatic rings. The molecule has 3 heterocycles. The third-order valence-corrected chi connectivity index (χ3v) is 7.12. The molecule has 11 nitrogen and oxygen atoms in total. The van der Waals surface area contributed by atoms with Crippen LogP contribution >= 0.6 is 0 Å². The summed E-state index contributed by atoms with van der Waals surface area (Å²) in [5.41, 5.74) is -0.486. The van der Waals surface area contributed by atoms with Crippen LogP contribution in [-0.4, -0.2) is 50.4 Å². The Hall–Kier alpha value is -3.25. The number of aromatic nitrogens is 4. The van der Waals surface area contributed by atoms with E-state index in [4.69, 9.17) is 0 Å². The van der Waals surface area contributed by atoms with Gasteiger partial charge in [-0.1, -0.05) is 13.8 Å². The third-order valence-electron chi connectivity index (χ3n) is 5.11. The molecule has 0 bridgehead atoms. The normalized spacial score (nSPS) is 11.9. The average Bonchev–Trinajstić information content (AvgIpc) is 3.14. The summed E-state index contributed by atoms with van der Waals surface area (Å²) in [6.45, 7) is 4.11. The van der Waals surface area contributed by atoms with Gasteiger partial charge in [-0.3, -0.25) is 18.7 Å². The first-order valence-electron chi connectivity index (χ1n) is 9.56. The van der Waals surface area contributed by atoms with E-state index in [1.807, 2.05) is 0 Å². The SMILES string of the molecule is CCN(CC)S(=O)(=O)c1cc(C(=O)Nc2cnc3c(c2)c(=O)n(C)c(=O)n3C)n(C)c1. The van der Waals surface area contributed by atoms with Gasteiger partial charge in [-0.15, -0.1) is 0 Å². The Bertz CT molecular complexity index is 1400. The molecule has 3 aromatic heterocycles. The number of amides is 1. The number of aryl methyl sites for hydroxylation is 2. The van der Waals surface area contributed by atoms with Gasteiger partial charge in [-0.05, 0) is 12.1 Å². The number of carbonyl (C=O) groups excluding carboxylic acids is 1. The molecule has 3 rings (SSSR count). The van der Waals surface area contributed by atoms with Crippen molar-refractivity contribution >= 4 is 32.7 Å². The topological polar surface area (TPSA) is 128 Å². The number of hydrogen-bond donors (Lipinski definition) is 1. The Balaban J connectivity index is 1.97. The fourth-order valence-electron chi connectivity index (χ4n) is 3.34. The van der Waals surface area contributed by atoms with Crippen molar-refractivity contribution in [2.45, 2.75) is 18.7 Å². The van der Waals surface area contributed by atoms with Gasteiger partial charge in [0.1, 0.15) is 16.2 Å². The van der Waals surface area contributed by atoms with Gasteiger partial charge < -0.3 is 9.88 Å². The number of hydrogen-bond acceptors (Lipinski definition) is 6. The van der Waals surface area contributed by atoms with Gasteiger partial charge in [-0.2, -0.15) is 4.31 Å². The lowest BCUT2D eigenvalue weighted by atomic mass is 10.3. The molecule has 0 spiro atoms. The van der Waals surface area contributed by atoms with Crippen molar-refractivity contribution in [1.82, 2.24) is 23.0 Å². The summed E-state index contributed by atoms with van der Waals surface area (Å²) in [6.07, 6.45) is 2.71. The number of pyridine rings is 1. The van der Waals surface area contributed by atoms with E-state index in [0.29, 0.717) is 13.1 Å². The summed E-state index contributed by atoms with van der Waals surface area (Å²) in [7, 11) is 0.712. The summed E-state index contributed by atoms with van der Waals surface area (Å²) in [5, 5.41) is 2.79. The number of sulfonamides is 1. The number of anilines is 1. The van der Waals surface area contributed by atoms with E-state index in [9.17, 15) is 22.8 Å². The average molecular weight is 449 g/mol. The van der Waals surface area contributed by atoms with Gasteiger partial charge in [0.2, 0.25) is 10.0 Å². The van der Waals surface area contributed by atoms with Gasteiger partial charge in [0.05, 0.1) is 17.3 Å². The van der Waals surface area contributed by atoms with E-state index in [0.717, 1.165) is 4.57 Å². The number of carbonyl (C=O) groups is 1. The zero-order valence-corrected chi connectivity index (χ0v) is 18.7. The highest BCUT2D eigenvalue weighted by Crippen LogP contribution is 2.20. The van der Waals surface area contributed by atoms with E-state index in [-0.39, 0.29) is 27.3 Å². The van der Waals surface area contributed by atoms with Crippen LogP contribution in [0.3, 0.4) is 0 Å². The number of fused-ring (bicyclic) bond motifs is 1. The van der Waals surface area contributed by atoms with Crippen molar-refractivity contribution in [3.8, 4) is 0 Å². The maximum atomic E-state index is 12.8. The minimum absolute atomic E-state index is 0.0179. The van der Waals surface area contributed by atoms with Crippen molar-refractivity contribution in [2.75, 3.05) is 18.4 Å². The highest BCUT2D eigenvalue weighted by Gasteiger charge is 2.25. The zero-order chi connectivity index (χ0) is 23.1. The smallest absolute Gasteiger partial charge is 0.332 e. The lowest BCUT2D eigenvalue weighted by molar-refractivity contribution is 0.101. The molecule has 166 valence electrons. The highest BCUT2D eigenvalue weighted by molar-refractivity contribution is 7.89. The second-order valence-corrected chi connectivity index (χ2v) is 8.95. The van der Waals surface area contributed by atoms with Crippen LogP contribution in [0.1, 0.15) is 24.3 Å². The summed E-state index contributed by atoms with van der Waals surface area (Å²) in [5.74, 6) is -0.564. The Kier molecular flexibility index (Phi) is 5.87. The van der Waals surface area contributed by atoms with Gasteiger partial charge >= 0.3 is 5.69 Å². The first-order chi connectivity index (χ1) is 14.5. The maximum absolute atomic E-state index is 12.8. The summed E-state index contributed by atoms with van der Waals surface area (Å²) in [4.78, 5) is 41.4. The van der Waals surface area contributed by atoms with Crippen LogP contribution in [0.25, 0.3) is 11.0 Å². The molecule has 12 heteroatoms. The van der Waals surface area contributed by atoms with Gasteiger partial charge in [0.15, 0.2) is 0 Å². The predicted molar refractivity (Wildman–Crippen MR) is 116 cm³/mol.